The number of nitrogens with zero attached hydrogens (tertiary/aromatic N) is 1. The molecule has 0 radical (unpaired) electrons. The van der Waals surface area contributed by atoms with Gasteiger partial charge in [0.15, 0.2) is 0 Å². The van der Waals surface area contributed by atoms with Gasteiger partial charge in [-0.25, -0.2) is 0 Å². The minimum Gasteiger partial charge on any atom is -0.377 e. The summed E-state index contributed by atoms with van der Waals surface area (Å²) < 4.78 is 5.44. The van der Waals surface area contributed by atoms with Crippen LogP contribution in [-0.4, -0.2) is 37.2 Å². The van der Waals surface area contributed by atoms with Crippen molar-refractivity contribution in [1.82, 2.24) is 4.90 Å². The maximum atomic E-state index is 5.44. The molecule has 2 atom stereocenters. The molecule has 0 aliphatic carbocycles. The second kappa shape index (κ2) is 3.57. The van der Waals surface area contributed by atoms with E-state index in [0.29, 0.717) is 17.4 Å². The topological polar surface area (TPSA) is 12.5 Å². The fraction of sp³-hybridized carbons (Fsp3) is 0.571. The van der Waals surface area contributed by atoms with Gasteiger partial charge in [-0.05, 0) is 18.5 Å². The third-order valence-corrected chi connectivity index (χ3v) is 4.61. The lowest BCUT2D eigenvalue weighted by molar-refractivity contribution is -0.133. The van der Waals surface area contributed by atoms with Crippen molar-refractivity contribution in [3.05, 3.63) is 35.9 Å². The Balaban J connectivity index is 1.89. The number of likely N-dealkylation sites (tertiary alicyclic amines) is 1. The van der Waals surface area contributed by atoms with Gasteiger partial charge in [-0.15, -0.1) is 0 Å². The summed E-state index contributed by atoms with van der Waals surface area (Å²) >= 11 is 0. The molecule has 2 aliphatic heterocycles. The van der Waals surface area contributed by atoms with E-state index >= 15 is 0 Å². The standard InChI is InChI=1S/C14H19NO/c1-11-13(12-6-4-3-5-7-12)8-15(2)14(11)9-16-10-14/h3-7,11,13H,8-10H2,1-2H3. The number of hydrogen-bond donors (Lipinski definition) is 0. The van der Waals surface area contributed by atoms with Crippen molar-refractivity contribution in [2.24, 2.45) is 5.92 Å². The molecule has 2 fully saturated rings. The third-order valence-electron chi connectivity index (χ3n) is 4.61. The van der Waals surface area contributed by atoms with E-state index in [1.807, 2.05) is 0 Å². The van der Waals surface area contributed by atoms with Crippen LogP contribution in [0.2, 0.25) is 0 Å². The van der Waals surface area contributed by atoms with Gasteiger partial charge in [-0.2, -0.15) is 0 Å². The van der Waals surface area contributed by atoms with Gasteiger partial charge < -0.3 is 4.74 Å². The maximum absolute atomic E-state index is 5.44. The lowest BCUT2D eigenvalue weighted by Gasteiger charge is -2.46. The molecule has 2 heteroatoms. The maximum Gasteiger partial charge on any atom is 0.0708 e. The van der Waals surface area contributed by atoms with Crippen molar-refractivity contribution in [2.75, 3.05) is 26.8 Å². The Morgan fingerprint density at radius 3 is 2.44 bits per heavy atom. The summed E-state index contributed by atoms with van der Waals surface area (Å²) in [5.41, 5.74) is 1.80. The first-order valence-electron chi connectivity index (χ1n) is 6.08. The summed E-state index contributed by atoms with van der Waals surface area (Å²) in [5, 5.41) is 0. The number of benzene rings is 1. The fourth-order valence-corrected chi connectivity index (χ4v) is 3.25. The van der Waals surface area contributed by atoms with Crippen LogP contribution in [-0.2, 0) is 4.74 Å². The summed E-state index contributed by atoms with van der Waals surface area (Å²) in [5.74, 6) is 1.35. The molecule has 1 spiro atoms. The van der Waals surface area contributed by atoms with Crippen molar-refractivity contribution in [3.63, 3.8) is 0 Å². The van der Waals surface area contributed by atoms with Crippen LogP contribution in [0, 0.1) is 5.92 Å². The lowest BCUT2D eigenvalue weighted by atomic mass is 9.77. The van der Waals surface area contributed by atoms with Crippen LogP contribution < -0.4 is 0 Å². The van der Waals surface area contributed by atoms with Gasteiger partial charge in [0.05, 0.1) is 18.8 Å². The molecule has 2 unspecified atom stereocenters. The number of rotatable bonds is 1. The first kappa shape index (κ1) is 10.3. The fourth-order valence-electron chi connectivity index (χ4n) is 3.25. The predicted molar refractivity (Wildman–Crippen MR) is 64.5 cm³/mol. The summed E-state index contributed by atoms with van der Waals surface area (Å²) in [6.07, 6.45) is 0. The minimum atomic E-state index is 0.320. The molecule has 0 amide bonds. The Morgan fingerprint density at radius 1 is 1.25 bits per heavy atom. The third kappa shape index (κ3) is 1.26. The van der Waals surface area contributed by atoms with Gasteiger partial charge in [0, 0.05) is 12.5 Å². The molecule has 3 rings (SSSR count). The van der Waals surface area contributed by atoms with Crippen LogP contribution in [0.1, 0.15) is 18.4 Å². The van der Waals surface area contributed by atoms with Gasteiger partial charge in [0.1, 0.15) is 0 Å². The first-order chi connectivity index (χ1) is 7.74. The summed E-state index contributed by atoms with van der Waals surface area (Å²) in [6.45, 7) is 5.36. The van der Waals surface area contributed by atoms with Crippen LogP contribution in [0.25, 0.3) is 0 Å². The van der Waals surface area contributed by atoms with Crippen LogP contribution in [0.4, 0.5) is 0 Å². The van der Waals surface area contributed by atoms with Crippen LogP contribution in [0.15, 0.2) is 30.3 Å². The highest BCUT2D eigenvalue weighted by atomic mass is 16.5. The largest absolute Gasteiger partial charge is 0.377 e. The summed E-state index contributed by atoms with van der Waals surface area (Å²) in [7, 11) is 2.24. The van der Waals surface area contributed by atoms with Crippen molar-refractivity contribution in [2.45, 2.75) is 18.4 Å². The van der Waals surface area contributed by atoms with Crippen LogP contribution in [0.3, 0.4) is 0 Å². The van der Waals surface area contributed by atoms with Crippen molar-refractivity contribution >= 4 is 0 Å². The molecule has 2 saturated heterocycles. The Labute approximate surface area is 97.2 Å². The van der Waals surface area contributed by atoms with Gasteiger partial charge in [-0.3, -0.25) is 4.90 Å². The van der Waals surface area contributed by atoms with E-state index in [4.69, 9.17) is 4.74 Å². The second-order valence-electron chi connectivity index (χ2n) is 5.28. The molecule has 0 saturated carbocycles. The van der Waals surface area contributed by atoms with Crippen molar-refractivity contribution in [1.29, 1.82) is 0 Å². The van der Waals surface area contributed by atoms with Gasteiger partial charge in [0.25, 0.3) is 0 Å². The average molecular weight is 217 g/mol. The highest BCUT2D eigenvalue weighted by molar-refractivity contribution is 5.25. The van der Waals surface area contributed by atoms with E-state index in [2.05, 4.69) is 49.2 Å². The molecule has 1 aromatic rings. The summed E-state index contributed by atoms with van der Waals surface area (Å²) in [4.78, 5) is 2.50. The molecule has 0 aromatic heterocycles. The molecule has 16 heavy (non-hydrogen) atoms. The Kier molecular flexibility index (Phi) is 2.30. The summed E-state index contributed by atoms with van der Waals surface area (Å²) in [6, 6.07) is 10.9. The molecular formula is C14H19NO. The molecule has 2 aliphatic rings. The molecule has 0 N–H and O–H groups in total. The molecule has 1 aromatic carbocycles. The van der Waals surface area contributed by atoms with Crippen LogP contribution >= 0.6 is 0 Å². The van der Waals surface area contributed by atoms with E-state index in [0.717, 1.165) is 19.8 Å². The zero-order valence-electron chi connectivity index (χ0n) is 10.0. The lowest BCUT2D eigenvalue weighted by Crippen LogP contribution is -2.60. The monoisotopic (exact) mass is 217 g/mol. The predicted octanol–water partition coefficient (Wildman–Crippen LogP) is 2.12. The van der Waals surface area contributed by atoms with Crippen molar-refractivity contribution < 1.29 is 4.74 Å². The van der Waals surface area contributed by atoms with E-state index in [-0.39, 0.29) is 0 Å². The molecule has 86 valence electrons. The Morgan fingerprint density at radius 2 is 1.94 bits per heavy atom. The minimum absolute atomic E-state index is 0.320. The van der Waals surface area contributed by atoms with E-state index in [9.17, 15) is 0 Å². The Hall–Kier alpha value is -0.860. The van der Waals surface area contributed by atoms with E-state index in [1.54, 1.807) is 0 Å². The number of ether oxygens (including phenoxy) is 1. The number of hydrogen-bond acceptors (Lipinski definition) is 2. The Bertz CT molecular complexity index is 372. The zero-order chi connectivity index (χ0) is 11.2. The second-order valence-corrected chi connectivity index (χ2v) is 5.28. The quantitative estimate of drug-likeness (QED) is 0.714. The molecule has 0 bridgehead atoms. The van der Waals surface area contributed by atoms with E-state index < -0.39 is 0 Å². The van der Waals surface area contributed by atoms with Crippen molar-refractivity contribution in [3.8, 4) is 0 Å². The zero-order valence-corrected chi connectivity index (χ0v) is 10.0. The van der Waals surface area contributed by atoms with Gasteiger partial charge in [-0.1, -0.05) is 37.3 Å². The average Bonchev–Trinajstić information content (AvgIpc) is 2.51. The van der Waals surface area contributed by atoms with Gasteiger partial charge >= 0.3 is 0 Å². The highest BCUT2D eigenvalue weighted by Crippen LogP contribution is 2.46. The molecule has 2 nitrogen and oxygen atoms in total. The van der Waals surface area contributed by atoms with Gasteiger partial charge in [0.2, 0.25) is 0 Å². The molecular weight excluding hydrogens is 198 g/mol. The van der Waals surface area contributed by atoms with Crippen LogP contribution in [0.5, 0.6) is 0 Å². The SMILES string of the molecule is CC1C(c2ccccc2)CN(C)C12COC2. The normalized spacial score (nSPS) is 32.9. The number of likely N-dealkylation sites (N-methyl/N-ethyl adjacent to an activating group) is 1. The molecule has 2 heterocycles. The highest BCUT2D eigenvalue weighted by Gasteiger charge is 2.54. The smallest absolute Gasteiger partial charge is 0.0708 e. The first-order valence-corrected chi connectivity index (χ1v) is 6.08. The van der Waals surface area contributed by atoms with E-state index in [1.165, 1.54) is 5.56 Å².